The fourth-order valence-corrected chi connectivity index (χ4v) is 1.42. The average Bonchev–Trinajstić information content (AvgIpc) is 2.17. The third-order valence-electron chi connectivity index (χ3n) is 1.84. The summed E-state index contributed by atoms with van der Waals surface area (Å²) in [6, 6.07) is 9.08. The number of carbonyl (C=O) groups excluding carboxylic acids is 1. The molecular formula is C10H6ClNO. The molecule has 1 aromatic heterocycles. The van der Waals surface area contributed by atoms with E-state index in [1.807, 2.05) is 18.2 Å². The summed E-state index contributed by atoms with van der Waals surface area (Å²) < 4.78 is 0. The Morgan fingerprint density at radius 2 is 2.00 bits per heavy atom. The van der Waals surface area contributed by atoms with Gasteiger partial charge in [0.2, 0.25) is 0 Å². The van der Waals surface area contributed by atoms with Crippen LogP contribution in [0.3, 0.4) is 0 Å². The molecule has 0 bridgehead atoms. The van der Waals surface area contributed by atoms with Crippen molar-refractivity contribution in [1.29, 1.82) is 0 Å². The van der Waals surface area contributed by atoms with Gasteiger partial charge < -0.3 is 0 Å². The van der Waals surface area contributed by atoms with Gasteiger partial charge >= 0.3 is 0 Å². The summed E-state index contributed by atoms with van der Waals surface area (Å²) in [6.07, 6.45) is 1.64. The third kappa shape index (κ3) is 1.40. The van der Waals surface area contributed by atoms with Crippen molar-refractivity contribution in [3.8, 4) is 0 Å². The number of fused-ring (bicyclic) bond motifs is 1. The van der Waals surface area contributed by atoms with Gasteiger partial charge in [0, 0.05) is 11.6 Å². The Labute approximate surface area is 80.2 Å². The molecule has 64 valence electrons. The number of pyridine rings is 1. The second kappa shape index (κ2) is 3.15. The first kappa shape index (κ1) is 8.20. The highest BCUT2D eigenvalue weighted by atomic mass is 35.5. The van der Waals surface area contributed by atoms with Crippen LogP contribution in [-0.2, 0) is 0 Å². The van der Waals surface area contributed by atoms with Gasteiger partial charge in [-0.3, -0.25) is 9.78 Å². The molecule has 0 unspecified atom stereocenters. The monoisotopic (exact) mass is 191 g/mol. The zero-order chi connectivity index (χ0) is 9.26. The third-order valence-corrected chi connectivity index (χ3v) is 2.05. The van der Waals surface area contributed by atoms with Gasteiger partial charge in [-0.25, -0.2) is 0 Å². The number of para-hydroxylation sites is 1. The number of halogens is 1. The average molecular weight is 192 g/mol. The van der Waals surface area contributed by atoms with Crippen LogP contribution in [0, 0.1) is 0 Å². The van der Waals surface area contributed by atoms with E-state index in [9.17, 15) is 4.79 Å². The molecule has 1 heterocycles. The van der Waals surface area contributed by atoms with Crippen molar-refractivity contribution in [2.45, 2.75) is 0 Å². The minimum Gasteiger partial charge on any atom is -0.276 e. The largest absolute Gasteiger partial charge is 0.276 e. The highest BCUT2D eigenvalue weighted by molar-refractivity contribution is 6.68. The Balaban J connectivity index is 2.83. The molecule has 0 saturated heterocycles. The van der Waals surface area contributed by atoms with E-state index in [0.29, 0.717) is 11.1 Å². The quantitative estimate of drug-likeness (QED) is 0.649. The van der Waals surface area contributed by atoms with E-state index in [4.69, 9.17) is 11.6 Å². The number of nitrogens with zero attached hydrogens (tertiary/aromatic N) is 1. The smallest absolute Gasteiger partial charge is 0.254 e. The minimum absolute atomic E-state index is 0.458. The maximum atomic E-state index is 11.0. The first-order valence-corrected chi connectivity index (χ1v) is 4.20. The first-order valence-electron chi connectivity index (χ1n) is 3.82. The topological polar surface area (TPSA) is 30.0 Å². The number of hydrogen-bond acceptors (Lipinski definition) is 2. The van der Waals surface area contributed by atoms with Crippen molar-refractivity contribution >= 4 is 27.7 Å². The van der Waals surface area contributed by atoms with Crippen molar-refractivity contribution in [3.63, 3.8) is 0 Å². The van der Waals surface area contributed by atoms with E-state index in [1.54, 1.807) is 18.3 Å². The van der Waals surface area contributed by atoms with Crippen molar-refractivity contribution in [1.82, 2.24) is 4.98 Å². The summed E-state index contributed by atoms with van der Waals surface area (Å²) in [4.78, 5) is 15.1. The lowest BCUT2D eigenvalue weighted by Gasteiger charge is -1.99. The molecule has 0 aliphatic heterocycles. The molecule has 2 nitrogen and oxygen atoms in total. The van der Waals surface area contributed by atoms with Crippen molar-refractivity contribution in [2.75, 3.05) is 0 Å². The molecule has 0 saturated carbocycles. The maximum absolute atomic E-state index is 11.0. The van der Waals surface area contributed by atoms with Crippen LogP contribution in [0.25, 0.3) is 10.9 Å². The number of carbonyl (C=O) groups is 1. The predicted molar refractivity (Wildman–Crippen MR) is 51.9 cm³/mol. The second-order valence-corrected chi connectivity index (χ2v) is 3.00. The Hall–Kier alpha value is -1.41. The van der Waals surface area contributed by atoms with E-state index in [-0.39, 0.29) is 0 Å². The molecular weight excluding hydrogens is 186 g/mol. The van der Waals surface area contributed by atoms with Crippen LogP contribution >= 0.6 is 11.6 Å². The number of aromatic nitrogens is 1. The fraction of sp³-hybridized carbons (Fsp3) is 0. The van der Waals surface area contributed by atoms with Crippen molar-refractivity contribution in [2.24, 2.45) is 0 Å². The van der Waals surface area contributed by atoms with Gasteiger partial charge in [-0.1, -0.05) is 18.2 Å². The lowest BCUT2D eigenvalue weighted by Crippen LogP contribution is -1.91. The molecule has 0 fully saturated rings. The van der Waals surface area contributed by atoms with Gasteiger partial charge in [0.1, 0.15) is 0 Å². The first-order chi connectivity index (χ1) is 6.29. The minimum atomic E-state index is -0.468. The molecule has 0 atom stereocenters. The summed E-state index contributed by atoms with van der Waals surface area (Å²) in [5.74, 6) is 0. The van der Waals surface area contributed by atoms with Gasteiger partial charge in [-0.15, -0.1) is 0 Å². The Morgan fingerprint density at radius 3 is 2.77 bits per heavy atom. The number of benzene rings is 1. The van der Waals surface area contributed by atoms with Gasteiger partial charge in [0.15, 0.2) is 0 Å². The van der Waals surface area contributed by atoms with Crippen LogP contribution in [0.5, 0.6) is 0 Å². The zero-order valence-electron chi connectivity index (χ0n) is 6.70. The van der Waals surface area contributed by atoms with Crippen LogP contribution < -0.4 is 0 Å². The van der Waals surface area contributed by atoms with Gasteiger partial charge in [0.05, 0.1) is 11.1 Å². The van der Waals surface area contributed by atoms with Crippen LogP contribution in [-0.4, -0.2) is 10.2 Å². The fourth-order valence-electron chi connectivity index (χ4n) is 1.26. The summed E-state index contributed by atoms with van der Waals surface area (Å²) in [5.41, 5.74) is 1.12. The molecule has 3 heteroatoms. The molecule has 0 spiro atoms. The lowest BCUT2D eigenvalue weighted by molar-refractivity contribution is 0.108. The van der Waals surface area contributed by atoms with E-state index >= 15 is 0 Å². The van der Waals surface area contributed by atoms with E-state index in [1.165, 1.54) is 0 Å². The Kier molecular flexibility index (Phi) is 1.99. The van der Waals surface area contributed by atoms with Crippen LogP contribution in [0.1, 0.15) is 10.4 Å². The number of hydrogen-bond donors (Lipinski definition) is 0. The molecule has 0 aliphatic rings. The molecule has 0 N–H and O–H groups in total. The molecule has 0 radical (unpaired) electrons. The van der Waals surface area contributed by atoms with E-state index in [0.717, 1.165) is 5.39 Å². The number of rotatable bonds is 1. The molecule has 0 aliphatic carbocycles. The van der Waals surface area contributed by atoms with E-state index < -0.39 is 5.24 Å². The lowest BCUT2D eigenvalue weighted by atomic mass is 10.1. The highest BCUT2D eigenvalue weighted by Gasteiger charge is 2.06. The maximum Gasteiger partial charge on any atom is 0.254 e. The summed E-state index contributed by atoms with van der Waals surface area (Å²) >= 11 is 5.40. The summed E-state index contributed by atoms with van der Waals surface area (Å²) in [6.45, 7) is 0. The molecule has 0 amide bonds. The molecule has 2 rings (SSSR count). The Bertz CT molecular complexity index is 462. The van der Waals surface area contributed by atoms with E-state index in [2.05, 4.69) is 4.98 Å². The van der Waals surface area contributed by atoms with Crippen LogP contribution in [0.2, 0.25) is 0 Å². The second-order valence-electron chi connectivity index (χ2n) is 2.65. The predicted octanol–water partition coefficient (Wildman–Crippen LogP) is 2.61. The summed E-state index contributed by atoms with van der Waals surface area (Å²) in [7, 11) is 0. The normalized spacial score (nSPS) is 10.2. The standard InChI is InChI=1S/C10H6ClNO/c11-10(13)8-5-1-3-7-4-2-6-12-9(7)8/h1-6H. The van der Waals surface area contributed by atoms with Crippen LogP contribution in [0.4, 0.5) is 0 Å². The molecule has 2 aromatic rings. The van der Waals surface area contributed by atoms with Crippen molar-refractivity contribution in [3.05, 3.63) is 42.1 Å². The van der Waals surface area contributed by atoms with Crippen LogP contribution in [0.15, 0.2) is 36.5 Å². The zero-order valence-corrected chi connectivity index (χ0v) is 7.45. The molecule has 13 heavy (non-hydrogen) atoms. The van der Waals surface area contributed by atoms with Gasteiger partial charge in [-0.2, -0.15) is 0 Å². The Morgan fingerprint density at radius 1 is 1.23 bits per heavy atom. The summed E-state index contributed by atoms with van der Waals surface area (Å²) in [5, 5.41) is 0.457. The van der Waals surface area contributed by atoms with Crippen molar-refractivity contribution < 1.29 is 4.79 Å². The highest BCUT2D eigenvalue weighted by Crippen LogP contribution is 2.17. The molecule has 1 aromatic carbocycles. The SMILES string of the molecule is O=C(Cl)c1cccc2cccnc12. The van der Waals surface area contributed by atoms with Gasteiger partial charge in [0.25, 0.3) is 5.24 Å². The van der Waals surface area contributed by atoms with Gasteiger partial charge in [-0.05, 0) is 23.7 Å².